The minimum atomic E-state index is -0.657. The van der Waals surface area contributed by atoms with Gasteiger partial charge >= 0.3 is 5.97 Å². The smallest absolute Gasteiger partial charge is 0.343 e. The van der Waals surface area contributed by atoms with E-state index in [9.17, 15) is 9.90 Å². The van der Waals surface area contributed by atoms with Gasteiger partial charge in [0.05, 0.1) is 12.1 Å². The second-order valence-electron chi connectivity index (χ2n) is 3.50. The second kappa shape index (κ2) is 6.21. The number of hydrogen-bond donors (Lipinski definition) is 1. The van der Waals surface area contributed by atoms with Gasteiger partial charge in [0.1, 0.15) is 11.3 Å². The number of carbonyl (C=O) groups excluding carboxylic acids is 1. The van der Waals surface area contributed by atoms with Gasteiger partial charge in [-0.15, -0.1) is 0 Å². The Morgan fingerprint density at radius 3 is 2.50 bits per heavy atom. The first-order chi connectivity index (χ1) is 8.52. The lowest BCUT2D eigenvalue weighted by Gasteiger charge is -2.10. The third kappa shape index (κ3) is 2.90. The molecule has 0 aliphatic carbocycles. The van der Waals surface area contributed by atoms with Crippen LogP contribution in [0.2, 0.25) is 5.02 Å². The third-order valence-corrected chi connectivity index (χ3v) is 2.78. The van der Waals surface area contributed by atoms with E-state index in [4.69, 9.17) is 11.6 Å². The zero-order valence-corrected chi connectivity index (χ0v) is 11.2. The molecule has 0 saturated heterocycles. The van der Waals surface area contributed by atoms with Gasteiger partial charge in [0.25, 0.3) is 0 Å². The number of rotatable bonds is 3. The van der Waals surface area contributed by atoms with Gasteiger partial charge < -0.3 is 9.84 Å². The molecular weight excluding hydrogens is 254 g/mol. The molecule has 96 valence electrons. The van der Waals surface area contributed by atoms with E-state index in [0.717, 1.165) is 0 Å². The zero-order chi connectivity index (χ0) is 13.7. The average molecular weight is 268 g/mol. The number of nitrogens with zero attached hydrogens (tertiary/aromatic N) is 1. The summed E-state index contributed by atoms with van der Waals surface area (Å²) in [5, 5.41) is 10.5. The predicted octanol–water partition coefficient (Wildman–Crippen LogP) is 2.87. The number of carbonyl (C=O) groups is 1. The maximum absolute atomic E-state index is 11.7. The monoisotopic (exact) mass is 267 g/mol. The van der Waals surface area contributed by atoms with Gasteiger partial charge in [-0.05, 0) is 19.1 Å². The van der Waals surface area contributed by atoms with E-state index in [2.05, 4.69) is 9.73 Å². The van der Waals surface area contributed by atoms with Crippen LogP contribution in [0, 0.1) is 0 Å². The van der Waals surface area contributed by atoms with Crippen LogP contribution in [0.15, 0.2) is 34.8 Å². The third-order valence-electron chi connectivity index (χ3n) is 2.45. The molecule has 0 spiro atoms. The molecule has 0 aromatic heterocycles. The topological polar surface area (TPSA) is 58.9 Å². The minimum Gasteiger partial charge on any atom is -0.506 e. The average Bonchev–Trinajstić information content (AvgIpc) is 2.38. The molecular formula is C13H14ClNO3. The first kappa shape index (κ1) is 14.3. The highest BCUT2D eigenvalue weighted by Gasteiger charge is 2.21. The first-order valence-electron chi connectivity index (χ1n) is 5.23. The molecule has 1 aromatic rings. The van der Waals surface area contributed by atoms with Crippen molar-refractivity contribution >= 4 is 29.0 Å². The van der Waals surface area contributed by atoms with E-state index in [1.165, 1.54) is 14.2 Å². The van der Waals surface area contributed by atoms with Gasteiger partial charge in [-0.1, -0.05) is 23.7 Å². The van der Waals surface area contributed by atoms with Crippen molar-refractivity contribution in [2.75, 3.05) is 14.2 Å². The Morgan fingerprint density at radius 1 is 1.39 bits per heavy atom. The molecule has 18 heavy (non-hydrogen) atoms. The van der Waals surface area contributed by atoms with Gasteiger partial charge in [-0.25, -0.2) is 4.79 Å². The molecule has 5 heteroatoms. The maximum Gasteiger partial charge on any atom is 0.343 e. The van der Waals surface area contributed by atoms with Crippen LogP contribution in [0.4, 0.5) is 0 Å². The summed E-state index contributed by atoms with van der Waals surface area (Å²) in [4.78, 5) is 15.6. The molecule has 0 heterocycles. The Bertz CT molecular complexity index is 521. The van der Waals surface area contributed by atoms with Crippen LogP contribution < -0.4 is 0 Å². The van der Waals surface area contributed by atoms with Crippen molar-refractivity contribution < 1.29 is 14.6 Å². The summed E-state index contributed by atoms with van der Waals surface area (Å²) >= 11 is 5.97. The number of halogens is 1. The summed E-state index contributed by atoms with van der Waals surface area (Å²) in [7, 11) is 2.77. The number of methoxy groups -OCH3 is 1. The summed E-state index contributed by atoms with van der Waals surface area (Å²) in [5.74, 6) is -0.897. The summed E-state index contributed by atoms with van der Waals surface area (Å²) < 4.78 is 4.64. The van der Waals surface area contributed by atoms with Crippen molar-refractivity contribution in [1.82, 2.24) is 0 Å². The fraction of sp³-hybridized carbons (Fsp3) is 0.231. The number of esters is 1. The molecule has 0 aliphatic rings. The van der Waals surface area contributed by atoms with Crippen molar-refractivity contribution in [3.8, 4) is 0 Å². The van der Waals surface area contributed by atoms with Crippen LogP contribution in [0.1, 0.15) is 12.5 Å². The maximum atomic E-state index is 11.7. The van der Waals surface area contributed by atoms with Crippen molar-refractivity contribution in [3.63, 3.8) is 0 Å². The molecule has 0 fully saturated rings. The van der Waals surface area contributed by atoms with Gasteiger partial charge in [-0.2, -0.15) is 0 Å². The van der Waals surface area contributed by atoms with E-state index in [0.29, 0.717) is 16.3 Å². The highest BCUT2D eigenvalue weighted by Crippen LogP contribution is 2.25. The van der Waals surface area contributed by atoms with Crippen molar-refractivity contribution in [2.24, 2.45) is 4.99 Å². The fourth-order valence-corrected chi connectivity index (χ4v) is 1.64. The van der Waals surface area contributed by atoms with Gasteiger partial charge in [0.2, 0.25) is 0 Å². The number of aliphatic hydroxyl groups is 1. The van der Waals surface area contributed by atoms with Gasteiger partial charge in [0, 0.05) is 18.3 Å². The lowest BCUT2D eigenvalue weighted by molar-refractivity contribution is -0.135. The molecule has 0 bridgehead atoms. The quantitative estimate of drug-likeness (QED) is 0.396. The largest absolute Gasteiger partial charge is 0.506 e. The standard InChI is InChI=1S/C13H14ClNO3/c1-8(15-2)11(13(17)18-3)12(16)9-6-4-5-7-10(9)14/h4-7,16H,1-3H3. The predicted molar refractivity (Wildman–Crippen MR) is 72.0 cm³/mol. The highest BCUT2D eigenvalue weighted by atomic mass is 35.5. The first-order valence-corrected chi connectivity index (χ1v) is 5.61. The number of benzene rings is 1. The SMILES string of the molecule is CN=C(C)C(C(=O)OC)=C(O)c1ccccc1Cl. The van der Waals surface area contributed by atoms with Gasteiger partial charge in [0.15, 0.2) is 0 Å². The Hall–Kier alpha value is -1.81. The highest BCUT2D eigenvalue weighted by molar-refractivity contribution is 6.33. The van der Waals surface area contributed by atoms with E-state index in [-0.39, 0.29) is 11.3 Å². The van der Waals surface area contributed by atoms with E-state index in [1.54, 1.807) is 31.2 Å². The molecule has 0 unspecified atom stereocenters. The van der Waals surface area contributed by atoms with Crippen LogP contribution >= 0.6 is 11.6 Å². The van der Waals surface area contributed by atoms with Crippen LogP contribution in [0.3, 0.4) is 0 Å². The summed E-state index contributed by atoms with van der Waals surface area (Å²) in [5.41, 5.74) is 0.745. The fourth-order valence-electron chi connectivity index (χ4n) is 1.42. The van der Waals surface area contributed by atoms with Crippen LogP contribution in [-0.2, 0) is 9.53 Å². The molecule has 0 radical (unpaired) electrons. The Morgan fingerprint density at radius 2 is 2.00 bits per heavy atom. The lowest BCUT2D eigenvalue weighted by atomic mass is 10.0. The summed E-state index contributed by atoms with van der Waals surface area (Å²) in [6.45, 7) is 1.61. The number of ether oxygens (including phenoxy) is 1. The second-order valence-corrected chi connectivity index (χ2v) is 3.91. The van der Waals surface area contributed by atoms with Crippen LogP contribution in [-0.4, -0.2) is 30.9 Å². The van der Waals surface area contributed by atoms with E-state index < -0.39 is 5.97 Å². The molecule has 1 N–H and O–H groups in total. The van der Waals surface area contributed by atoms with Crippen LogP contribution in [0.5, 0.6) is 0 Å². The Kier molecular flexibility index (Phi) is 4.92. The minimum absolute atomic E-state index is 0.00750. The Balaban J connectivity index is 3.46. The summed E-state index contributed by atoms with van der Waals surface area (Å²) in [6.07, 6.45) is 0. The number of aliphatic imine (C=N–C) groups is 1. The molecule has 0 atom stereocenters. The zero-order valence-electron chi connectivity index (χ0n) is 10.4. The van der Waals surface area contributed by atoms with Gasteiger partial charge in [-0.3, -0.25) is 4.99 Å². The Labute approximate surface area is 111 Å². The van der Waals surface area contributed by atoms with Crippen molar-refractivity contribution in [1.29, 1.82) is 0 Å². The molecule has 1 aromatic carbocycles. The normalized spacial score (nSPS) is 13.0. The van der Waals surface area contributed by atoms with Crippen LogP contribution in [0.25, 0.3) is 5.76 Å². The lowest BCUT2D eigenvalue weighted by Crippen LogP contribution is -2.14. The number of hydrogen-bond acceptors (Lipinski definition) is 4. The molecule has 0 amide bonds. The van der Waals surface area contributed by atoms with E-state index in [1.807, 2.05) is 0 Å². The number of aliphatic hydroxyl groups excluding tert-OH is 1. The van der Waals surface area contributed by atoms with Crippen molar-refractivity contribution in [3.05, 3.63) is 40.4 Å². The molecule has 0 saturated carbocycles. The van der Waals surface area contributed by atoms with E-state index >= 15 is 0 Å². The molecule has 0 aliphatic heterocycles. The molecule has 1 rings (SSSR count). The molecule has 4 nitrogen and oxygen atoms in total. The summed E-state index contributed by atoms with van der Waals surface area (Å²) in [6, 6.07) is 6.69. The van der Waals surface area contributed by atoms with Crippen molar-refractivity contribution in [2.45, 2.75) is 6.92 Å².